The summed E-state index contributed by atoms with van der Waals surface area (Å²) in [4.78, 5) is 23.7. The standard InChI is InChI=1S/C26H26N4O2/c31-25(32)19-24-22-13-7-8-14-23(22)27-26(30(24)21-11-5-2-6-12-21)29-17-15-28(16-18-29)20-9-3-1-4-10-20/h1-14,24H,15-19H2,(H,31,32)/t24-/m0/s1. The average Bonchev–Trinajstić information content (AvgIpc) is 2.85. The number of benzene rings is 3. The van der Waals surface area contributed by atoms with Crippen LogP contribution in [0, 0.1) is 0 Å². The van der Waals surface area contributed by atoms with Crippen LogP contribution in [-0.2, 0) is 4.79 Å². The van der Waals surface area contributed by atoms with Crippen molar-refractivity contribution in [2.45, 2.75) is 12.5 Å². The fourth-order valence-corrected chi connectivity index (χ4v) is 4.59. The number of nitrogens with zero attached hydrogens (tertiary/aromatic N) is 4. The van der Waals surface area contributed by atoms with Gasteiger partial charge in [0.25, 0.3) is 0 Å². The molecule has 32 heavy (non-hydrogen) atoms. The number of aliphatic carboxylic acids is 1. The van der Waals surface area contributed by atoms with E-state index in [-0.39, 0.29) is 12.5 Å². The van der Waals surface area contributed by atoms with Crippen molar-refractivity contribution in [2.24, 2.45) is 4.99 Å². The lowest BCUT2D eigenvalue weighted by atomic mass is 9.97. The number of fused-ring (bicyclic) bond motifs is 1. The molecule has 0 aliphatic carbocycles. The van der Waals surface area contributed by atoms with E-state index in [1.54, 1.807) is 0 Å². The molecule has 162 valence electrons. The third-order valence-electron chi connectivity index (χ3n) is 6.13. The molecule has 1 atom stereocenters. The number of hydrogen-bond donors (Lipinski definition) is 1. The number of rotatable bonds is 4. The summed E-state index contributed by atoms with van der Waals surface area (Å²) in [5.74, 6) is 0.00902. The number of piperazine rings is 1. The highest BCUT2D eigenvalue weighted by atomic mass is 16.4. The van der Waals surface area contributed by atoms with Crippen molar-refractivity contribution in [3.8, 4) is 0 Å². The third-order valence-corrected chi connectivity index (χ3v) is 6.13. The molecule has 6 heteroatoms. The van der Waals surface area contributed by atoms with Gasteiger partial charge >= 0.3 is 5.97 Å². The van der Waals surface area contributed by atoms with Gasteiger partial charge in [0.2, 0.25) is 5.96 Å². The first kappa shape index (κ1) is 20.1. The molecule has 1 N–H and O–H groups in total. The summed E-state index contributed by atoms with van der Waals surface area (Å²) >= 11 is 0. The van der Waals surface area contributed by atoms with E-state index in [4.69, 9.17) is 4.99 Å². The van der Waals surface area contributed by atoms with Crippen LogP contribution in [0.1, 0.15) is 18.0 Å². The largest absolute Gasteiger partial charge is 0.481 e. The normalized spacial score (nSPS) is 18.2. The Balaban J connectivity index is 1.50. The summed E-state index contributed by atoms with van der Waals surface area (Å²) in [5, 5.41) is 9.73. The van der Waals surface area contributed by atoms with Crippen molar-refractivity contribution in [1.29, 1.82) is 0 Å². The summed E-state index contributed by atoms with van der Waals surface area (Å²) in [5.41, 5.74) is 3.99. The van der Waals surface area contributed by atoms with E-state index in [0.29, 0.717) is 0 Å². The van der Waals surface area contributed by atoms with Gasteiger partial charge in [-0.3, -0.25) is 4.79 Å². The van der Waals surface area contributed by atoms with Gasteiger partial charge in [0.1, 0.15) is 0 Å². The van der Waals surface area contributed by atoms with Crippen LogP contribution in [-0.4, -0.2) is 48.1 Å². The Labute approximate surface area is 188 Å². The van der Waals surface area contributed by atoms with Gasteiger partial charge in [0.05, 0.1) is 18.2 Å². The van der Waals surface area contributed by atoms with Crippen LogP contribution in [0.4, 0.5) is 17.1 Å². The summed E-state index contributed by atoms with van der Waals surface area (Å²) < 4.78 is 0. The van der Waals surface area contributed by atoms with Crippen LogP contribution in [0.25, 0.3) is 0 Å². The van der Waals surface area contributed by atoms with Crippen LogP contribution in [0.2, 0.25) is 0 Å². The topological polar surface area (TPSA) is 59.4 Å². The fraction of sp³-hybridized carbons (Fsp3) is 0.231. The van der Waals surface area contributed by atoms with E-state index in [1.165, 1.54) is 5.69 Å². The van der Waals surface area contributed by atoms with Gasteiger partial charge < -0.3 is 19.8 Å². The Hall–Kier alpha value is -3.80. The number of carboxylic acids is 1. The third kappa shape index (κ3) is 3.91. The Morgan fingerprint density at radius 1 is 0.781 bits per heavy atom. The second-order valence-corrected chi connectivity index (χ2v) is 8.10. The summed E-state index contributed by atoms with van der Waals surface area (Å²) in [7, 11) is 0. The lowest BCUT2D eigenvalue weighted by Gasteiger charge is -2.45. The van der Waals surface area contributed by atoms with Gasteiger partial charge in [-0.05, 0) is 30.3 Å². The van der Waals surface area contributed by atoms with Crippen molar-refractivity contribution in [3.05, 3.63) is 90.5 Å². The minimum absolute atomic E-state index is 0.00884. The Kier molecular flexibility index (Phi) is 5.50. The first-order valence-electron chi connectivity index (χ1n) is 11.0. The highest BCUT2D eigenvalue weighted by Gasteiger charge is 2.36. The Bertz CT molecular complexity index is 1110. The average molecular weight is 427 g/mol. The first-order valence-corrected chi connectivity index (χ1v) is 11.0. The zero-order chi connectivity index (χ0) is 21.9. The molecular weight excluding hydrogens is 400 g/mol. The summed E-state index contributed by atoms with van der Waals surface area (Å²) in [6.45, 7) is 3.41. The molecule has 1 fully saturated rings. The van der Waals surface area contributed by atoms with Crippen molar-refractivity contribution < 1.29 is 9.90 Å². The maximum absolute atomic E-state index is 11.9. The monoisotopic (exact) mass is 426 g/mol. The van der Waals surface area contributed by atoms with Crippen molar-refractivity contribution in [2.75, 3.05) is 36.0 Å². The van der Waals surface area contributed by atoms with Crippen LogP contribution in [0.3, 0.4) is 0 Å². The molecule has 0 saturated carbocycles. The SMILES string of the molecule is O=C(O)C[C@H]1c2ccccc2N=C(N2CCN(c3ccccc3)CC2)N1c1ccccc1. The molecule has 0 spiro atoms. The molecule has 2 heterocycles. The number of anilines is 2. The van der Waals surface area contributed by atoms with E-state index in [0.717, 1.165) is 49.1 Å². The maximum Gasteiger partial charge on any atom is 0.305 e. The van der Waals surface area contributed by atoms with Gasteiger partial charge in [-0.2, -0.15) is 0 Å². The van der Waals surface area contributed by atoms with Crippen LogP contribution >= 0.6 is 0 Å². The summed E-state index contributed by atoms with van der Waals surface area (Å²) in [6, 6.07) is 28.0. The number of carboxylic acid groups (broad SMARTS) is 1. The van der Waals surface area contributed by atoms with Crippen molar-refractivity contribution in [1.82, 2.24) is 4.90 Å². The zero-order valence-electron chi connectivity index (χ0n) is 17.8. The molecular formula is C26H26N4O2. The zero-order valence-corrected chi connectivity index (χ0v) is 17.8. The molecule has 0 radical (unpaired) electrons. The maximum atomic E-state index is 11.9. The predicted octanol–water partition coefficient (Wildman–Crippen LogP) is 4.53. The molecule has 1 saturated heterocycles. The lowest BCUT2D eigenvalue weighted by Crippen LogP contribution is -2.55. The van der Waals surface area contributed by atoms with Gasteiger partial charge in [0.15, 0.2) is 0 Å². The van der Waals surface area contributed by atoms with Crippen LogP contribution < -0.4 is 9.80 Å². The van der Waals surface area contributed by atoms with Gasteiger partial charge in [-0.1, -0.05) is 54.6 Å². The minimum Gasteiger partial charge on any atom is -0.481 e. The number of aliphatic imine (C=N–C) groups is 1. The van der Waals surface area contributed by atoms with E-state index >= 15 is 0 Å². The fourth-order valence-electron chi connectivity index (χ4n) is 4.59. The molecule has 3 aromatic carbocycles. The second-order valence-electron chi connectivity index (χ2n) is 8.10. The number of carbonyl (C=O) groups is 1. The molecule has 6 nitrogen and oxygen atoms in total. The Morgan fingerprint density at radius 3 is 2.00 bits per heavy atom. The van der Waals surface area contributed by atoms with Crippen molar-refractivity contribution in [3.63, 3.8) is 0 Å². The number of hydrogen-bond acceptors (Lipinski definition) is 5. The highest BCUT2D eigenvalue weighted by Crippen LogP contribution is 2.40. The van der Waals surface area contributed by atoms with E-state index < -0.39 is 5.97 Å². The van der Waals surface area contributed by atoms with Gasteiger partial charge in [0, 0.05) is 43.1 Å². The number of para-hydroxylation sites is 3. The summed E-state index contributed by atoms with van der Waals surface area (Å²) in [6.07, 6.45) is 0.00884. The molecule has 2 aliphatic heterocycles. The quantitative estimate of drug-likeness (QED) is 0.664. The van der Waals surface area contributed by atoms with E-state index in [9.17, 15) is 9.90 Å². The Morgan fingerprint density at radius 2 is 1.34 bits per heavy atom. The molecule has 0 bridgehead atoms. The molecule has 5 rings (SSSR count). The molecule has 2 aliphatic rings. The highest BCUT2D eigenvalue weighted by molar-refractivity contribution is 6.01. The minimum atomic E-state index is -0.819. The van der Waals surface area contributed by atoms with Gasteiger partial charge in [-0.15, -0.1) is 0 Å². The molecule has 0 amide bonds. The first-order chi connectivity index (χ1) is 15.7. The smallest absolute Gasteiger partial charge is 0.305 e. The van der Waals surface area contributed by atoms with Crippen LogP contribution in [0.5, 0.6) is 0 Å². The van der Waals surface area contributed by atoms with Crippen molar-refractivity contribution >= 4 is 29.0 Å². The molecule has 0 unspecified atom stereocenters. The number of guanidine groups is 1. The predicted molar refractivity (Wildman–Crippen MR) is 128 cm³/mol. The van der Waals surface area contributed by atoms with E-state index in [2.05, 4.69) is 39.0 Å². The van der Waals surface area contributed by atoms with Crippen LogP contribution in [0.15, 0.2) is 89.9 Å². The second kappa shape index (κ2) is 8.75. The van der Waals surface area contributed by atoms with E-state index in [1.807, 2.05) is 60.7 Å². The molecule has 3 aromatic rings. The van der Waals surface area contributed by atoms with Gasteiger partial charge in [-0.25, -0.2) is 4.99 Å². The molecule has 0 aromatic heterocycles. The lowest BCUT2D eigenvalue weighted by molar-refractivity contribution is -0.137.